The maximum Gasteiger partial charge on any atom is 0.345 e. The number of nitrogens with one attached hydrogen (secondary N) is 1. The monoisotopic (exact) mass is 375 g/mol. The first-order valence-corrected chi connectivity index (χ1v) is 9.54. The average Bonchev–Trinajstić information content (AvgIpc) is 2.91. The maximum absolute atomic E-state index is 12.7. The van der Waals surface area contributed by atoms with E-state index < -0.39 is 0 Å². The fourth-order valence-electron chi connectivity index (χ4n) is 3.69. The van der Waals surface area contributed by atoms with E-state index in [0.29, 0.717) is 22.5 Å². The Bertz CT molecular complexity index is 1220. The Morgan fingerprint density at radius 1 is 1.11 bits per heavy atom. The van der Waals surface area contributed by atoms with E-state index in [2.05, 4.69) is 26.4 Å². The fraction of sp³-hybridized carbons (Fsp3) is 0.286. The molecule has 3 aromatic heterocycles. The lowest BCUT2D eigenvalue weighted by Crippen LogP contribution is -2.27. The topological polar surface area (TPSA) is 75.7 Å². The molecule has 4 aromatic rings. The molecule has 0 bridgehead atoms. The Labute approximate surface area is 161 Å². The molecule has 1 saturated heterocycles. The molecule has 7 heteroatoms. The molecule has 1 aromatic carbocycles. The Morgan fingerprint density at radius 3 is 2.96 bits per heavy atom. The van der Waals surface area contributed by atoms with Gasteiger partial charge in [-0.2, -0.15) is 5.10 Å². The van der Waals surface area contributed by atoms with Crippen molar-refractivity contribution in [1.82, 2.24) is 19.9 Å². The van der Waals surface area contributed by atoms with Crippen LogP contribution in [0.4, 0.5) is 5.69 Å². The minimum atomic E-state index is -0.387. The normalized spacial score (nSPS) is 15.2. The summed E-state index contributed by atoms with van der Waals surface area (Å²) in [7, 11) is 0. The minimum Gasteiger partial charge on any atom is -0.422 e. The third-order valence-corrected chi connectivity index (χ3v) is 5.15. The van der Waals surface area contributed by atoms with E-state index in [1.165, 1.54) is 0 Å². The van der Waals surface area contributed by atoms with Crippen molar-refractivity contribution < 1.29 is 4.42 Å². The highest BCUT2D eigenvalue weighted by Gasteiger charge is 2.14. The van der Waals surface area contributed by atoms with Gasteiger partial charge in [-0.3, -0.25) is 0 Å². The summed E-state index contributed by atoms with van der Waals surface area (Å²) in [4.78, 5) is 19.5. The second-order valence-corrected chi connectivity index (χ2v) is 7.16. The van der Waals surface area contributed by atoms with Gasteiger partial charge in [0.25, 0.3) is 0 Å². The summed E-state index contributed by atoms with van der Waals surface area (Å²) in [5.74, 6) is 0. The Balaban J connectivity index is 1.56. The zero-order chi connectivity index (χ0) is 19.1. The van der Waals surface area contributed by atoms with E-state index in [9.17, 15) is 4.79 Å². The van der Waals surface area contributed by atoms with Gasteiger partial charge in [0.15, 0.2) is 5.65 Å². The standard InChI is InChI=1S/C21H21N5O2/c1-14-3-6-20-23-18(13-26(20)24-14)17-11-15-4-5-16(12-19(15)28-21(17)27)25-9-2-7-22-8-10-25/h3-6,11-13,22H,2,7-10H2,1H3. The first-order chi connectivity index (χ1) is 13.7. The van der Waals surface area contributed by atoms with Crippen molar-refractivity contribution in [3.05, 3.63) is 58.7 Å². The molecule has 0 aliphatic carbocycles. The van der Waals surface area contributed by atoms with Crippen molar-refractivity contribution in [3.8, 4) is 11.3 Å². The largest absolute Gasteiger partial charge is 0.422 e. The summed E-state index contributed by atoms with van der Waals surface area (Å²) >= 11 is 0. The van der Waals surface area contributed by atoms with Crippen LogP contribution in [0, 0.1) is 6.92 Å². The zero-order valence-corrected chi connectivity index (χ0v) is 15.7. The van der Waals surface area contributed by atoms with Gasteiger partial charge in [0, 0.05) is 36.8 Å². The minimum absolute atomic E-state index is 0.387. The van der Waals surface area contributed by atoms with Gasteiger partial charge < -0.3 is 14.6 Å². The van der Waals surface area contributed by atoms with Crippen LogP contribution >= 0.6 is 0 Å². The van der Waals surface area contributed by atoms with Crippen LogP contribution in [-0.2, 0) is 0 Å². The van der Waals surface area contributed by atoms with E-state index in [1.54, 1.807) is 10.7 Å². The van der Waals surface area contributed by atoms with Gasteiger partial charge in [-0.15, -0.1) is 0 Å². The van der Waals surface area contributed by atoms with Crippen LogP contribution in [0.15, 0.2) is 51.8 Å². The maximum atomic E-state index is 12.7. The molecule has 5 rings (SSSR count). The molecule has 0 amide bonds. The van der Waals surface area contributed by atoms with Crippen LogP contribution < -0.4 is 15.8 Å². The second-order valence-electron chi connectivity index (χ2n) is 7.16. The summed E-state index contributed by atoms with van der Waals surface area (Å²) < 4.78 is 7.35. The molecular weight excluding hydrogens is 354 g/mol. The smallest absolute Gasteiger partial charge is 0.345 e. The van der Waals surface area contributed by atoms with Crippen molar-refractivity contribution in [3.63, 3.8) is 0 Å². The highest BCUT2D eigenvalue weighted by molar-refractivity contribution is 5.84. The van der Waals surface area contributed by atoms with Crippen molar-refractivity contribution in [2.45, 2.75) is 13.3 Å². The Hall–Kier alpha value is -3.19. The van der Waals surface area contributed by atoms with Gasteiger partial charge in [0.1, 0.15) is 5.58 Å². The van der Waals surface area contributed by atoms with E-state index >= 15 is 0 Å². The molecule has 0 radical (unpaired) electrons. The molecule has 1 aliphatic rings. The number of nitrogens with zero attached hydrogens (tertiary/aromatic N) is 4. The van der Waals surface area contributed by atoms with Gasteiger partial charge in [-0.1, -0.05) is 0 Å². The van der Waals surface area contributed by atoms with Crippen LogP contribution in [0.2, 0.25) is 0 Å². The van der Waals surface area contributed by atoms with Crippen molar-refractivity contribution in [1.29, 1.82) is 0 Å². The van der Waals surface area contributed by atoms with Crippen LogP contribution in [-0.4, -0.2) is 40.8 Å². The number of rotatable bonds is 2. The second kappa shape index (κ2) is 6.76. The van der Waals surface area contributed by atoms with Gasteiger partial charge >= 0.3 is 5.63 Å². The Morgan fingerprint density at radius 2 is 2.04 bits per heavy atom. The zero-order valence-electron chi connectivity index (χ0n) is 15.7. The first-order valence-electron chi connectivity index (χ1n) is 9.54. The third-order valence-electron chi connectivity index (χ3n) is 5.15. The first kappa shape index (κ1) is 16.9. The molecule has 1 fully saturated rings. The number of imidazole rings is 1. The van der Waals surface area contributed by atoms with Crippen molar-refractivity contribution in [2.24, 2.45) is 0 Å². The molecular formula is C21H21N5O2. The predicted molar refractivity (Wildman–Crippen MR) is 109 cm³/mol. The molecule has 1 N–H and O–H groups in total. The van der Waals surface area contributed by atoms with Gasteiger partial charge in [-0.25, -0.2) is 14.3 Å². The summed E-state index contributed by atoms with van der Waals surface area (Å²) in [6.07, 6.45) is 2.86. The van der Waals surface area contributed by atoms with Crippen molar-refractivity contribution >= 4 is 22.3 Å². The lowest BCUT2D eigenvalue weighted by atomic mass is 10.1. The number of hydrogen-bond acceptors (Lipinski definition) is 6. The molecule has 0 spiro atoms. The summed E-state index contributed by atoms with van der Waals surface area (Å²) in [6, 6.07) is 11.7. The number of benzene rings is 1. The van der Waals surface area contributed by atoms with Gasteiger partial charge in [-0.05, 0) is 50.2 Å². The van der Waals surface area contributed by atoms with E-state index in [0.717, 1.165) is 49.4 Å². The summed E-state index contributed by atoms with van der Waals surface area (Å²) in [6.45, 7) is 5.86. The number of anilines is 1. The van der Waals surface area contributed by atoms with Crippen molar-refractivity contribution in [2.75, 3.05) is 31.1 Å². The van der Waals surface area contributed by atoms with E-state index in [1.807, 2.05) is 37.3 Å². The lowest BCUT2D eigenvalue weighted by molar-refractivity contribution is 0.563. The van der Waals surface area contributed by atoms with Crippen LogP contribution in [0.5, 0.6) is 0 Å². The summed E-state index contributed by atoms with van der Waals surface area (Å²) in [5, 5.41) is 8.68. The number of aryl methyl sites for hydroxylation is 1. The van der Waals surface area contributed by atoms with Crippen LogP contribution in [0.25, 0.3) is 27.9 Å². The molecule has 0 saturated carbocycles. The molecule has 1 aliphatic heterocycles. The quantitative estimate of drug-likeness (QED) is 0.543. The summed E-state index contributed by atoms with van der Waals surface area (Å²) in [5.41, 5.74) is 3.89. The number of aromatic nitrogens is 3. The molecule has 0 unspecified atom stereocenters. The van der Waals surface area contributed by atoms with E-state index in [4.69, 9.17) is 4.42 Å². The average molecular weight is 375 g/mol. The highest BCUT2D eigenvalue weighted by atomic mass is 16.4. The highest BCUT2D eigenvalue weighted by Crippen LogP contribution is 2.25. The number of hydrogen-bond donors (Lipinski definition) is 1. The van der Waals surface area contributed by atoms with Gasteiger partial charge in [0.2, 0.25) is 0 Å². The third kappa shape index (κ3) is 3.03. The lowest BCUT2D eigenvalue weighted by Gasteiger charge is -2.22. The fourth-order valence-corrected chi connectivity index (χ4v) is 3.69. The molecule has 0 atom stereocenters. The molecule has 28 heavy (non-hydrogen) atoms. The predicted octanol–water partition coefficient (Wildman–Crippen LogP) is 2.61. The SMILES string of the molecule is Cc1ccc2nc(-c3cc4ccc(N5CCCNCC5)cc4oc3=O)cn2n1. The molecule has 4 heterocycles. The Kier molecular flexibility index (Phi) is 4.09. The van der Waals surface area contributed by atoms with Crippen LogP contribution in [0.3, 0.4) is 0 Å². The van der Waals surface area contributed by atoms with Crippen LogP contribution in [0.1, 0.15) is 12.1 Å². The van der Waals surface area contributed by atoms with E-state index in [-0.39, 0.29) is 5.63 Å². The molecule has 7 nitrogen and oxygen atoms in total. The molecule has 142 valence electrons. The van der Waals surface area contributed by atoms with Gasteiger partial charge in [0.05, 0.1) is 23.1 Å². The number of fused-ring (bicyclic) bond motifs is 2.